The molecule has 11 heteroatoms. The molecule has 1 aromatic carbocycles. The monoisotopic (exact) mass is 372 g/mol. The molecule has 0 aliphatic rings. The minimum Gasteiger partial charge on any atom is -0.385 e. The lowest BCUT2D eigenvalue weighted by atomic mass is 9.86. The lowest BCUT2D eigenvalue weighted by Crippen LogP contribution is -2.62. The van der Waals surface area contributed by atoms with Crippen LogP contribution in [0.25, 0.3) is 0 Å². The Morgan fingerprint density at radius 3 is 1.58 bits per heavy atom. The minimum absolute atomic E-state index is 0.496. The molecule has 1 atom stereocenters. The second-order valence-electron chi connectivity index (χ2n) is 5.31. The summed E-state index contributed by atoms with van der Waals surface area (Å²) in [4.78, 5) is 0. The summed E-state index contributed by atoms with van der Waals surface area (Å²) in [7, 11) is 0. The molecule has 0 fully saturated rings. The van der Waals surface area contributed by atoms with Crippen molar-refractivity contribution in [2.24, 2.45) is 0 Å². The van der Waals surface area contributed by atoms with Crippen molar-refractivity contribution in [2.45, 2.75) is 42.9 Å². The zero-order chi connectivity index (χ0) is 19.2. The van der Waals surface area contributed by atoms with Crippen LogP contribution in [0.15, 0.2) is 24.3 Å². The largest absolute Gasteiger partial charge is 0.460 e. The highest BCUT2D eigenvalue weighted by Gasteiger charge is 2.81. The molecule has 1 aromatic rings. The second-order valence-corrected chi connectivity index (χ2v) is 5.31. The number of benzene rings is 1. The van der Waals surface area contributed by atoms with Crippen LogP contribution in [0.1, 0.15) is 18.9 Å². The number of halogens is 10. The molecule has 1 unspecified atom stereocenters. The van der Waals surface area contributed by atoms with Gasteiger partial charge in [0, 0.05) is 0 Å². The number of hydrogen-bond acceptors (Lipinski definition) is 1. The molecule has 0 spiro atoms. The quantitative estimate of drug-likeness (QED) is 0.730. The normalized spacial score (nSPS) is 16.8. The topological polar surface area (TPSA) is 20.2 Å². The summed E-state index contributed by atoms with van der Waals surface area (Å²) in [5.41, 5.74) is -3.50. The maximum absolute atomic E-state index is 13.5. The van der Waals surface area contributed by atoms with Crippen LogP contribution in [0.4, 0.5) is 43.9 Å². The highest BCUT2D eigenvalue weighted by atomic mass is 19.4. The van der Waals surface area contributed by atoms with E-state index in [-0.39, 0.29) is 0 Å². The van der Waals surface area contributed by atoms with E-state index in [4.69, 9.17) is 0 Å². The van der Waals surface area contributed by atoms with E-state index in [1.54, 1.807) is 0 Å². The lowest BCUT2D eigenvalue weighted by Gasteiger charge is -2.37. The van der Waals surface area contributed by atoms with Crippen molar-refractivity contribution in [3.8, 4) is 0 Å². The maximum Gasteiger partial charge on any atom is 0.460 e. The predicted octanol–water partition coefficient (Wildman–Crippen LogP) is 4.89. The molecule has 0 saturated carbocycles. The number of aliphatic hydroxyl groups is 1. The number of hydrogen-bond donors (Lipinski definition) is 1. The van der Waals surface area contributed by atoms with Gasteiger partial charge in [-0.15, -0.1) is 0 Å². The highest BCUT2D eigenvalue weighted by molar-refractivity contribution is 5.23. The smallest absolute Gasteiger partial charge is 0.385 e. The summed E-state index contributed by atoms with van der Waals surface area (Å²) in [6, 6.07) is 2.71. The molecule has 0 heterocycles. The van der Waals surface area contributed by atoms with Crippen molar-refractivity contribution in [1.82, 2.24) is 0 Å². The van der Waals surface area contributed by atoms with Crippen LogP contribution in [-0.4, -0.2) is 29.1 Å². The fourth-order valence-electron chi connectivity index (χ4n) is 1.86. The Kier molecular flexibility index (Phi) is 4.94. The van der Waals surface area contributed by atoms with Gasteiger partial charge in [0.25, 0.3) is 0 Å². The van der Waals surface area contributed by atoms with Gasteiger partial charge in [-0.05, 0) is 24.6 Å². The van der Waals surface area contributed by atoms with Gasteiger partial charge in [0.1, 0.15) is 5.82 Å². The first-order valence-electron chi connectivity index (χ1n) is 6.14. The molecule has 0 radical (unpaired) electrons. The van der Waals surface area contributed by atoms with Crippen LogP contribution < -0.4 is 0 Å². The molecular weight excluding hydrogens is 362 g/mol. The van der Waals surface area contributed by atoms with Crippen molar-refractivity contribution in [3.63, 3.8) is 0 Å². The standard InChI is InChI=1S/C13H10F10O/c1-9(24,7-2-4-8(14)5-3-7)6-10(15,16)11(17,18)12(19,20)13(21,22)23/h2-5,24H,6H2,1H3. The van der Waals surface area contributed by atoms with Gasteiger partial charge in [0.15, 0.2) is 0 Å². The van der Waals surface area contributed by atoms with Crippen LogP contribution >= 0.6 is 0 Å². The van der Waals surface area contributed by atoms with Crippen LogP contribution in [0.5, 0.6) is 0 Å². The lowest BCUT2D eigenvalue weighted by molar-refractivity contribution is -0.400. The van der Waals surface area contributed by atoms with Crippen LogP contribution in [0.3, 0.4) is 0 Å². The summed E-state index contributed by atoms with van der Waals surface area (Å²) < 4.78 is 128. The van der Waals surface area contributed by atoms with Gasteiger partial charge in [-0.25, -0.2) is 4.39 Å². The molecule has 0 saturated heterocycles. The SMILES string of the molecule is CC(O)(CC(F)(F)C(F)(F)C(F)(F)C(F)(F)F)c1ccc(F)cc1. The van der Waals surface area contributed by atoms with Gasteiger partial charge < -0.3 is 5.11 Å². The van der Waals surface area contributed by atoms with Gasteiger partial charge in [-0.3, -0.25) is 0 Å². The molecule has 138 valence electrons. The molecule has 0 aliphatic carbocycles. The molecule has 1 nitrogen and oxygen atoms in total. The highest BCUT2D eigenvalue weighted by Crippen LogP contribution is 2.55. The Morgan fingerprint density at radius 1 is 0.792 bits per heavy atom. The number of alkyl halides is 9. The van der Waals surface area contributed by atoms with E-state index in [1.807, 2.05) is 0 Å². The van der Waals surface area contributed by atoms with Crippen molar-refractivity contribution in [2.75, 3.05) is 0 Å². The Morgan fingerprint density at radius 2 is 1.21 bits per heavy atom. The Hall–Kier alpha value is -1.52. The van der Waals surface area contributed by atoms with Crippen LogP contribution in [-0.2, 0) is 5.60 Å². The number of rotatable bonds is 5. The molecule has 24 heavy (non-hydrogen) atoms. The summed E-state index contributed by atoms with van der Waals surface area (Å²) in [6.07, 6.45) is -9.38. The molecular formula is C13H10F10O. The summed E-state index contributed by atoms with van der Waals surface area (Å²) in [6.45, 7) is 0.496. The van der Waals surface area contributed by atoms with Crippen molar-refractivity contribution < 1.29 is 49.0 Å². The third-order valence-corrected chi connectivity index (χ3v) is 3.24. The van der Waals surface area contributed by atoms with Gasteiger partial charge in [0.05, 0.1) is 12.0 Å². The van der Waals surface area contributed by atoms with E-state index in [0.717, 1.165) is 0 Å². The molecule has 0 aliphatic heterocycles. The Bertz CT molecular complexity index is 573. The van der Waals surface area contributed by atoms with E-state index in [0.29, 0.717) is 31.2 Å². The zero-order valence-corrected chi connectivity index (χ0v) is 11.7. The molecule has 0 amide bonds. The Labute approximate surface area is 128 Å². The fourth-order valence-corrected chi connectivity index (χ4v) is 1.86. The average molecular weight is 372 g/mol. The van der Waals surface area contributed by atoms with Gasteiger partial charge >= 0.3 is 23.9 Å². The summed E-state index contributed by atoms with van der Waals surface area (Å²) >= 11 is 0. The minimum atomic E-state index is -7.03. The fraction of sp³-hybridized carbons (Fsp3) is 0.538. The maximum atomic E-state index is 13.5. The summed E-state index contributed by atoms with van der Waals surface area (Å²) in [5.74, 6) is -20.6. The first kappa shape index (κ1) is 20.5. The van der Waals surface area contributed by atoms with Crippen LogP contribution in [0.2, 0.25) is 0 Å². The van der Waals surface area contributed by atoms with E-state index >= 15 is 0 Å². The molecule has 1 N–H and O–H groups in total. The van der Waals surface area contributed by atoms with Crippen molar-refractivity contribution >= 4 is 0 Å². The summed E-state index contributed by atoms with van der Waals surface area (Å²) in [5, 5.41) is 9.78. The Balaban J connectivity index is 3.21. The average Bonchev–Trinajstić information content (AvgIpc) is 2.36. The van der Waals surface area contributed by atoms with E-state index < -0.39 is 47.3 Å². The van der Waals surface area contributed by atoms with E-state index in [1.165, 1.54) is 0 Å². The van der Waals surface area contributed by atoms with Gasteiger partial charge in [-0.2, -0.15) is 39.5 Å². The van der Waals surface area contributed by atoms with Gasteiger partial charge in [0.2, 0.25) is 0 Å². The molecule has 0 bridgehead atoms. The predicted molar refractivity (Wildman–Crippen MR) is 61.5 cm³/mol. The van der Waals surface area contributed by atoms with Crippen molar-refractivity contribution in [3.05, 3.63) is 35.6 Å². The van der Waals surface area contributed by atoms with Crippen LogP contribution in [0, 0.1) is 5.82 Å². The second kappa shape index (κ2) is 5.78. The third kappa shape index (κ3) is 3.45. The molecule has 1 rings (SSSR count). The van der Waals surface area contributed by atoms with E-state index in [9.17, 15) is 49.0 Å². The third-order valence-electron chi connectivity index (χ3n) is 3.24. The van der Waals surface area contributed by atoms with Crippen molar-refractivity contribution in [1.29, 1.82) is 0 Å². The first-order valence-corrected chi connectivity index (χ1v) is 6.14. The zero-order valence-electron chi connectivity index (χ0n) is 11.7. The van der Waals surface area contributed by atoms with Gasteiger partial charge in [-0.1, -0.05) is 12.1 Å². The first-order chi connectivity index (χ1) is 10.5. The molecule has 0 aromatic heterocycles. The van der Waals surface area contributed by atoms with E-state index in [2.05, 4.69) is 0 Å².